The van der Waals surface area contributed by atoms with Gasteiger partial charge in [-0.15, -0.1) is 0 Å². The van der Waals surface area contributed by atoms with E-state index in [4.69, 9.17) is 4.74 Å². The summed E-state index contributed by atoms with van der Waals surface area (Å²) in [6.45, 7) is 4.23. The third-order valence-electron chi connectivity index (χ3n) is 6.76. The maximum atomic E-state index is 13.7. The second-order valence-electron chi connectivity index (χ2n) is 9.81. The Labute approximate surface area is 214 Å². The molecule has 0 bridgehead atoms. The number of ether oxygens (including phenoxy) is 1. The summed E-state index contributed by atoms with van der Waals surface area (Å²) in [5.41, 5.74) is 4.19. The van der Waals surface area contributed by atoms with Gasteiger partial charge in [-0.2, -0.15) is 0 Å². The molecule has 0 saturated heterocycles. The van der Waals surface area contributed by atoms with Crippen molar-refractivity contribution < 1.29 is 14.3 Å². The van der Waals surface area contributed by atoms with Crippen LogP contribution in [0.1, 0.15) is 47.9 Å². The number of amides is 2. The highest BCUT2D eigenvalue weighted by Crippen LogP contribution is 2.21. The lowest BCUT2D eigenvalue weighted by molar-refractivity contribution is -0.143. The molecule has 0 spiro atoms. The van der Waals surface area contributed by atoms with Crippen molar-refractivity contribution in [1.82, 2.24) is 10.2 Å². The van der Waals surface area contributed by atoms with Crippen molar-refractivity contribution in [3.8, 4) is 5.75 Å². The predicted octanol–water partition coefficient (Wildman–Crippen LogP) is 5.38. The summed E-state index contributed by atoms with van der Waals surface area (Å²) in [4.78, 5) is 29.1. The monoisotopic (exact) mass is 484 g/mol. The summed E-state index contributed by atoms with van der Waals surface area (Å²) in [6, 6.07) is 25.2. The molecule has 1 unspecified atom stereocenters. The van der Waals surface area contributed by atoms with Crippen LogP contribution in [0.3, 0.4) is 0 Å². The van der Waals surface area contributed by atoms with Crippen molar-refractivity contribution in [2.45, 2.75) is 64.6 Å². The molecule has 4 rings (SSSR count). The molecule has 1 atom stereocenters. The number of rotatable bonds is 10. The first kappa shape index (κ1) is 25.5. The van der Waals surface area contributed by atoms with E-state index in [1.807, 2.05) is 86.6 Å². The molecule has 5 heteroatoms. The molecule has 1 fully saturated rings. The number of hydrogen-bond acceptors (Lipinski definition) is 3. The van der Waals surface area contributed by atoms with Gasteiger partial charge in [0.1, 0.15) is 11.8 Å². The van der Waals surface area contributed by atoms with Gasteiger partial charge in [0.25, 0.3) is 5.91 Å². The molecule has 1 N–H and O–H groups in total. The minimum atomic E-state index is -0.637. The second-order valence-corrected chi connectivity index (χ2v) is 9.81. The molecule has 3 aromatic rings. The Morgan fingerprint density at radius 3 is 2.25 bits per heavy atom. The molecule has 1 saturated carbocycles. The molecule has 36 heavy (non-hydrogen) atoms. The standard InChI is InChI=1S/C31H36N2O3/c1-23-10-8-14-26(18-23)21-33(30(34)22-36-28-17-9-11-24(2)19-28)29(20-25-12-4-3-5-13-25)31(35)32-27-15-6-7-16-27/h3-5,8-14,17-19,27,29H,6-7,15-16,20-22H2,1-2H3,(H,32,35). The fraction of sp³-hybridized carbons (Fsp3) is 0.355. The average molecular weight is 485 g/mol. The molecule has 0 radical (unpaired) electrons. The molecule has 188 valence electrons. The SMILES string of the molecule is Cc1cccc(CN(C(=O)COc2cccc(C)c2)C(Cc2ccccc2)C(=O)NC2CCCC2)c1. The minimum absolute atomic E-state index is 0.0951. The predicted molar refractivity (Wildman–Crippen MR) is 143 cm³/mol. The van der Waals surface area contributed by atoms with Gasteiger partial charge in [-0.05, 0) is 55.5 Å². The summed E-state index contributed by atoms with van der Waals surface area (Å²) in [5, 5.41) is 3.24. The van der Waals surface area contributed by atoms with Gasteiger partial charge in [0.05, 0.1) is 0 Å². The molecule has 1 aliphatic carbocycles. The lowest BCUT2D eigenvalue weighted by atomic mass is 10.0. The third kappa shape index (κ3) is 7.20. The first-order valence-corrected chi connectivity index (χ1v) is 12.9. The number of nitrogens with zero attached hydrogens (tertiary/aromatic N) is 1. The van der Waals surface area contributed by atoms with Gasteiger partial charge in [0, 0.05) is 19.0 Å². The van der Waals surface area contributed by atoms with Crippen LogP contribution in [0, 0.1) is 13.8 Å². The fourth-order valence-electron chi connectivity index (χ4n) is 4.86. The first-order valence-electron chi connectivity index (χ1n) is 12.9. The lowest BCUT2D eigenvalue weighted by Gasteiger charge is -2.32. The van der Waals surface area contributed by atoms with Crippen LogP contribution in [0.25, 0.3) is 0 Å². The topological polar surface area (TPSA) is 58.6 Å². The second kappa shape index (κ2) is 12.4. The summed E-state index contributed by atoms with van der Waals surface area (Å²) < 4.78 is 5.88. The molecule has 0 aromatic heterocycles. The van der Waals surface area contributed by atoms with Gasteiger partial charge in [-0.3, -0.25) is 9.59 Å². The highest BCUT2D eigenvalue weighted by molar-refractivity contribution is 5.88. The average Bonchev–Trinajstić information content (AvgIpc) is 3.38. The lowest BCUT2D eigenvalue weighted by Crippen LogP contribution is -2.53. The van der Waals surface area contributed by atoms with Crippen molar-refractivity contribution >= 4 is 11.8 Å². The maximum absolute atomic E-state index is 13.7. The van der Waals surface area contributed by atoms with E-state index in [0.717, 1.165) is 47.9 Å². The summed E-state index contributed by atoms with van der Waals surface area (Å²) >= 11 is 0. The van der Waals surface area contributed by atoms with Crippen molar-refractivity contribution in [2.75, 3.05) is 6.61 Å². The Morgan fingerprint density at radius 2 is 1.56 bits per heavy atom. The van der Waals surface area contributed by atoms with E-state index in [-0.39, 0.29) is 24.5 Å². The Balaban J connectivity index is 1.61. The van der Waals surface area contributed by atoms with E-state index >= 15 is 0 Å². The normalized spacial score (nSPS) is 14.3. The van der Waals surface area contributed by atoms with E-state index in [2.05, 4.69) is 11.4 Å². The number of carbonyl (C=O) groups excluding carboxylic acids is 2. The Hall–Kier alpha value is -3.60. The van der Waals surface area contributed by atoms with Gasteiger partial charge in [0.2, 0.25) is 5.91 Å². The molecular formula is C31H36N2O3. The summed E-state index contributed by atoms with van der Waals surface area (Å²) in [5.74, 6) is 0.344. The number of benzene rings is 3. The van der Waals surface area contributed by atoms with Crippen molar-refractivity contribution in [3.63, 3.8) is 0 Å². The van der Waals surface area contributed by atoms with Gasteiger partial charge in [0.15, 0.2) is 6.61 Å². The van der Waals surface area contributed by atoms with E-state index in [0.29, 0.717) is 18.7 Å². The van der Waals surface area contributed by atoms with Gasteiger partial charge < -0.3 is 15.0 Å². The number of aryl methyl sites for hydroxylation is 2. The smallest absolute Gasteiger partial charge is 0.261 e. The van der Waals surface area contributed by atoms with Crippen molar-refractivity contribution in [3.05, 3.63) is 101 Å². The molecular weight excluding hydrogens is 448 g/mol. The molecule has 0 heterocycles. The molecule has 2 amide bonds. The van der Waals surface area contributed by atoms with Crippen molar-refractivity contribution in [1.29, 1.82) is 0 Å². The Bertz CT molecular complexity index is 1160. The van der Waals surface area contributed by atoms with Crippen LogP contribution in [0.2, 0.25) is 0 Å². The van der Waals surface area contributed by atoms with E-state index in [9.17, 15) is 9.59 Å². The van der Waals surface area contributed by atoms with Crippen LogP contribution in [-0.4, -0.2) is 35.4 Å². The van der Waals surface area contributed by atoms with Crippen LogP contribution in [-0.2, 0) is 22.6 Å². The summed E-state index contributed by atoms with van der Waals surface area (Å²) in [7, 11) is 0. The molecule has 0 aliphatic heterocycles. The Kier molecular flexibility index (Phi) is 8.77. The largest absolute Gasteiger partial charge is 0.484 e. The highest BCUT2D eigenvalue weighted by Gasteiger charge is 2.32. The van der Waals surface area contributed by atoms with Gasteiger partial charge in [-0.25, -0.2) is 0 Å². The van der Waals surface area contributed by atoms with Crippen molar-refractivity contribution in [2.24, 2.45) is 0 Å². The van der Waals surface area contributed by atoms with Crippen LogP contribution in [0.4, 0.5) is 0 Å². The zero-order valence-corrected chi connectivity index (χ0v) is 21.3. The first-order chi connectivity index (χ1) is 17.5. The van der Waals surface area contributed by atoms with Gasteiger partial charge in [-0.1, -0.05) is 85.1 Å². The van der Waals surface area contributed by atoms with Crippen LogP contribution < -0.4 is 10.1 Å². The van der Waals surface area contributed by atoms with Crippen LogP contribution in [0.15, 0.2) is 78.9 Å². The van der Waals surface area contributed by atoms with E-state index < -0.39 is 6.04 Å². The van der Waals surface area contributed by atoms with E-state index in [1.54, 1.807) is 4.90 Å². The summed E-state index contributed by atoms with van der Waals surface area (Å²) in [6.07, 6.45) is 4.69. The van der Waals surface area contributed by atoms with E-state index in [1.165, 1.54) is 0 Å². The number of carbonyl (C=O) groups is 2. The fourth-order valence-corrected chi connectivity index (χ4v) is 4.86. The van der Waals surface area contributed by atoms with Crippen LogP contribution >= 0.6 is 0 Å². The number of nitrogens with one attached hydrogen (secondary N) is 1. The zero-order chi connectivity index (χ0) is 25.3. The third-order valence-corrected chi connectivity index (χ3v) is 6.76. The maximum Gasteiger partial charge on any atom is 0.261 e. The quantitative estimate of drug-likeness (QED) is 0.420. The molecule has 1 aliphatic rings. The molecule has 5 nitrogen and oxygen atoms in total. The van der Waals surface area contributed by atoms with Crippen LogP contribution in [0.5, 0.6) is 5.75 Å². The number of hydrogen-bond donors (Lipinski definition) is 1. The minimum Gasteiger partial charge on any atom is -0.484 e. The van der Waals surface area contributed by atoms with Gasteiger partial charge >= 0.3 is 0 Å². The zero-order valence-electron chi connectivity index (χ0n) is 21.3. The highest BCUT2D eigenvalue weighted by atomic mass is 16.5. The molecule has 3 aromatic carbocycles. The Morgan fingerprint density at radius 1 is 0.889 bits per heavy atom.